The Morgan fingerprint density at radius 1 is 1.62 bits per heavy atom. The van der Waals surface area contributed by atoms with Crippen molar-refractivity contribution in [2.45, 2.75) is 31.8 Å². The van der Waals surface area contributed by atoms with Crippen LogP contribution in [0.25, 0.3) is 0 Å². The summed E-state index contributed by atoms with van der Waals surface area (Å²) in [4.78, 5) is 16.0. The van der Waals surface area contributed by atoms with Gasteiger partial charge >= 0.3 is 0 Å². The molecule has 0 aromatic carbocycles. The van der Waals surface area contributed by atoms with Gasteiger partial charge < -0.3 is 4.57 Å². The van der Waals surface area contributed by atoms with Crippen molar-refractivity contribution in [1.29, 1.82) is 0 Å². The van der Waals surface area contributed by atoms with E-state index < -0.39 is 0 Å². The molecule has 0 aliphatic heterocycles. The van der Waals surface area contributed by atoms with E-state index >= 15 is 0 Å². The summed E-state index contributed by atoms with van der Waals surface area (Å²) >= 11 is 7.21. The molecule has 5 heteroatoms. The van der Waals surface area contributed by atoms with E-state index in [4.69, 9.17) is 11.6 Å². The smallest absolute Gasteiger partial charge is 0.283 e. The van der Waals surface area contributed by atoms with Crippen molar-refractivity contribution in [1.82, 2.24) is 9.55 Å². The number of rotatable bonds is 6. The first-order valence-electron chi connectivity index (χ1n) is 5.43. The van der Waals surface area contributed by atoms with Crippen LogP contribution in [0.3, 0.4) is 0 Å². The molecule has 1 heterocycles. The maximum absolute atomic E-state index is 11.9. The van der Waals surface area contributed by atoms with Gasteiger partial charge in [-0.15, -0.1) is 23.4 Å². The van der Waals surface area contributed by atoms with Gasteiger partial charge in [-0.3, -0.25) is 4.79 Å². The van der Waals surface area contributed by atoms with Gasteiger partial charge in [0.15, 0.2) is 5.03 Å². The number of aromatic nitrogens is 2. The topological polar surface area (TPSA) is 34.9 Å². The molecule has 16 heavy (non-hydrogen) atoms. The Labute approximate surface area is 105 Å². The highest BCUT2D eigenvalue weighted by Gasteiger charge is 2.07. The summed E-state index contributed by atoms with van der Waals surface area (Å²) in [6.07, 6.45) is 4.37. The minimum atomic E-state index is 0.0103. The molecule has 1 aromatic rings. The van der Waals surface area contributed by atoms with Gasteiger partial charge in [0.1, 0.15) is 0 Å². The Kier molecular flexibility index (Phi) is 5.91. The zero-order valence-electron chi connectivity index (χ0n) is 9.65. The SMILES string of the molecule is CCCn1ccnc(SCC(C)CCl)c1=O. The van der Waals surface area contributed by atoms with Crippen molar-refractivity contribution >= 4 is 23.4 Å². The predicted molar refractivity (Wildman–Crippen MR) is 69.4 cm³/mol. The number of thioether (sulfide) groups is 1. The zero-order chi connectivity index (χ0) is 12.0. The van der Waals surface area contributed by atoms with Crippen molar-refractivity contribution < 1.29 is 0 Å². The van der Waals surface area contributed by atoms with E-state index in [1.165, 1.54) is 11.8 Å². The molecule has 90 valence electrons. The molecule has 3 nitrogen and oxygen atoms in total. The first-order chi connectivity index (χ1) is 7.69. The molecular formula is C11H17ClN2OS. The molecule has 0 radical (unpaired) electrons. The van der Waals surface area contributed by atoms with E-state index in [1.54, 1.807) is 17.0 Å². The summed E-state index contributed by atoms with van der Waals surface area (Å²) in [5, 5.41) is 0.577. The fourth-order valence-corrected chi connectivity index (χ4v) is 2.38. The third kappa shape index (κ3) is 3.83. The molecule has 0 saturated heterocycles. The minimum absolute atomic E-state index is 0.0103. The van der Waals surface area contributed by atoms with Crippen LogP contribution < -0.4 is 5.56 Å². The number of aryl methyl sites for hydroxylation is 1. The minimum Gasteiger partial charge on any atom is -0.312 e. The Bertz CT molecular complexity index is 380. The third-order valence-corrected chi connectivity index (χ3v) is 3.93. The van der Waals surface area contributed by atoms with Crippen molar-refractivity contribution in [3.63, 3.8) is 0 Å². The third-order valence-electron chi connectivity index (χ3n) is 2.11. The first kappa shape index (κ1) is 13.6. The number of halogens is 1. The second kappa shape index (κ2) is 6.97. The van der Waals surface area contributed by atoms with Crippen LogP contribution in [0.4, 0.5) is 0 Å². The molecule has 0 aliphatic carbocycles. The van der Waals surface area contributed by atoms with E-state index in [1.807, 2.05) is 0 Å². The molecule has 0 aliphatic rings. The number of hydrogen-bond acceptors (Lipinski definition) is 3. The summed E-state index contributed by atoms with van der Waals surface area (Å²) in [5.41, 5.74) is 0.0103. The molecule has 1 unspecified atom stereocenters. The molecule has 0 fully saturated rings. The van der Waals surface area contributed by atoms with Gasteiger partial charge in [-0.1, -0.05) is 13.8 Å². The molecule has 0 N–H and O–H groups in total. The highest BCUT2D eigenvalue weighted by Crippen LogP contribution is 2.15. The Balaban J connectivity index is 2.73. The van der Waals surface area contributed by atoms with Crippen molar-refractivity contribution in [3.8, 4) is 0 Å². The van der Waals surface area contributed by atoms with Crippen LogP contribution in [0.15, 0.2) is 22.2 Å². The van der Waals surface area contributed by atoms with E-state index in [-0.39, 0.29) is 5.56 Å². The van der Waals surface area contributed by atoms with Gasteiger partial charge in [0.2, 0.25) is 0 Å². The molecule has 1 rings (SSSR count). The quantitative estimate of drug-likeness (QED) is 0.583. The maximum atomic E-state index is 11.9. The lowest BCUT2D eigenvalue weighted by Gasteiger charge is -2.07. The largest absolute Gasteiger partial charge is 0.312 e. The molecule has 1 aromatic heterocycles. The van der Waals surface area contributed by atoms with Crippen LogP contribution in [-0.4, -0.2) is 21.2 Å². The van der Waals surface area contributed by atoms with Crippen LogP contribution >= 0.6 is 23.4 Å². The van der Waals surface area contributed by atoms with Gasteiger partial charge in [-0.05, 0) is 12.3 Å². The molecule has 0 amide bonds. The van der Waals surface area contributed by atoms with Crippen LogP contribution in [0.1, 0.15) is 20.3 Å². The summed E-state index contributed by atoms with van der Waals surface area (Å²) in [7, 11) is 0. The number of nitrogens with zero attached hydrogens (tertiary/aromatic N) is 2. The fraction of sp³-hybridized carbons (Fsp3) is 0.636. The van der Waals surface area contributed by atoms with Gasteiger partial charge in [0, 0.05) is 30.6 Å². The lowest BCUT2D eigenvalue weighted by molar-refractivity contribution is 0.631. The second-order valence-electron chi connectivity index (χ2n) is 3.80. The van der Waals surface area contributed by atoms with E-state index in [0.717, 1.165) is 18.7 Å². The molecule has 1 atom stereocenters. The van der Waals surface area contributed by atoms with E-state index in [2.05, 4.69) is 18.8 Å². The van der Waals surface area contributed by atoms with Gasteiger partial charge in [-0.25, -0.2) is 4.98 Å². The van der Waals surface area contributed by atoms with Crippen molar-refractivity contribution in [2.24, 2.45) is 5.92 Å². The predicted octanol–water partition coefficient (Wildman–Crippen LogP) is 2.62. The molecule has 0 bridgehead atoms. The lowest BCUT2D eigenvalue weighted by atomic mass is 10.3. The van der Waals surface area contributed by atoms with Crippen molar-refractivity contribution in [3.05, 3.63) is 22.7 Å². The lowest BCUT2D eigenvalue weighted by Crippen LogP contribution is -2.22. The molecule has 0 saturated carbocycles. The molecular weight excluding hydrogens is 244 g/mol. The first-order valence-corrected chi connectivity index (χ1v) is 6.95. The fourth-order valence-electron chi connectivity index (χ4n) is 1.21. The van der Waals surface area contributed by atoms with Crippen LogP contribution in [-0.2, 0) is 6.54 Å². The van der Waals surface area contributed by atoms with E-state index in [0.29, 0.717) is 16.8 Å². The summed E-state index contributed by atoms with van der Waals surface area (Å²) < 4.78 is 1.71. The summed E-state index contributed by atoms with van der Waals surface area (Å²) in [6, 6.07) is 0. The normalized spacial score (nSPS) is 12.7. The van der Waals surface area contributed by atoms with Crippen molar-refractivity contribution in [2.75, 3.05) is 11.6 Å². The van der Waals surface area contributed by atoms with Crippen LogP contribution in [0, 0.1) is 5.92 Å². The summed E-state index contributed by atoms with van der Waals surface area (Å²) in [5.74, 6) is 1.85. The zero-order valence-corrected chi connectivity index (χ0v) is 11.2. The highest BCUT2D eigenvalue weighted by atomic mass is 35.5. The van der Waals surface area contributed by atoms with Gasteiger partial charge in [0.25, 0.3) is 5.56 Å². The average Bonchev–Trinajstić information content (AvgIpc) is 2.30. The van der Waals surface area contributed by atoms with Gasteiger partial charge in [0.05, 0.1) is 0 Å². The van der Waals surface area contributed by atoms with Crippen LogP contribution in [0.2, 0.25) is 0 Å². The summed E-state index contributed by atoms with van der Waals surface area (Å²) in [6.45, 7) is 4.86. The second-order valence-corrected chi connectivity index (χ2v) is 5.12. The maximum Gasteiger partial charge on any atom is 0.283 e. The molecule has 0 spiro atoms. The standard InChI is InChI=1S/C11H17ClN2OS/c1-3-5-14-6-4-13-10(11(14)15)16-8-9(2)7-12/h4,6,9H,3,5,7-8H2,1-2H3. The monoisotopic (exact) mass is 260 g/mol. The average molecular weight is 261 g/mol. The Hall–Kier alpha value is -0.480. The highest BCUT2D eigenvalue weighted by molar-refractivity contribution is 7.99. The van der Waals surface area contributed by atoms with Gasteiger partial charge in [-0.2, -0.15) is 0 Å². The van der Waals surface area contributed by atoms with E-state index in [9.17, 15) is 4.79 Å². The van der Waals surface area contributed by atoms with Crippen LogP contribution in [0.5, 0.6) is 0 Å². The number of hydrogen-bond donors (Lipinski definition) is 0. The Morgan fingerprint density at radius 3 is 3.00 bits per heavy atom. The number of alkyl halides is 1. The Morgan fingerprint density at radius 2 is 2.38 bits per heavy atom.